The van der Waals surface area contributed by atoms with Crippen LogP contribution in [0.4, 0.5) is 20.4 Å². The Morgan fingerprint density at radius 1 is 1.07 bits per heavy atom. The third-order valence-electron chi connectivity index (χ3n) is 8.69. The predicted octanol–water partition coefficient (Wildman–Crippen LogP) is 3.66. The molecule has 2 aliphatic heterocycles. The van der Waals surface area contributed by atoms with Crippen LogP contribution in [0.15, 0.2) is 71.9 Å². The third kappa shape index (κ3) is 5.75. The van der Waals surface area contributed by atoms with E-state index >= 15 is 0 Å². The van der Waals surface area contributed by atoms with Crippen LogP contribution < -0.4 is 16.0 Å². The van der Waals surface area contributed by atoms with Crippen LogP contribution in [0.2, 0.25) is 0 Å². The number of carbonyl (C=O) groups is 1. The fourth-order valence-corrected chi connectivity index (χ4v) is 6.27. The molecule has 0 bridgehead atoms. The highest BCUT2D eigenvalue weighted by atomic mass is 19.1. The van der Waals surface area contributed by atoms with Gasteiger partial charge >= 0.3 is 5.95 Å². The molecule has 2 aliphatic rings. The predicted molar refractivity (Wildman–Crippen MR) is 167 cm³/mol. The van der Waals surface area contributed by atoms with Gasteiger partial charge in [-0.15, -0.1) is 0 Å². The number of amides is 1. The Morgan fingerprint density at radius 3 is 2.51 bits per heavy atom. The molecule has 0 aliphatic carbocycles. The molecular weight excluding hydrogens is 576 g/mol. The smallest absolute Gasteiger partial charge is 0.331 e. The number of benzene rings is 3. The molecule has 45 heavy (non-hydrogen) atoms. The summed E-state index contributed by atoms with van der Waals surface area (Å²) in [5, 5.41) is 7.86. The van der Waals surface area contributed by atoms with E-state index < -0.39 is 17.2 Å². The van der Waals surface area contributed by atoms with Crippen LogP contribution in [0.5, 0.6) is 0 Å². The molecule has 232 valence electrons. The average Bonchev–Trinajstić information content (AvgIpc) is 3.42. The summed E-state index contributed by atoms with van der Waals surface area (Å²) in [5.41, 5.74) is 5.07. The summed E-state index contributed by atoms with van der Waals surface area (Å²) in [4.78, 5) is 28.9. The van der Waals surface area contributed by atoms with Crippen molar-refractivity contribution in [2.45, 2.75) is 31.7 Å². The van der Waals surface area contributed by atoms with Crippen LogP contribution in [0.3, 0.4) is 0 Å². The van der Waals surface area contributed by atoms with Gasteiger partial charge in [-0.1, -0.05) is 23.8 Å². The van der Waals surface area contributed by atoms with E-state index in [1.165, 1.54) is 18.2 Å². The van der Waals surface area contributed by atoms with Crippen molar-refractivity contribution in [3.05, 3.63) is 106 Å². The van der Waals surface area contributed by atoms with E-state index in [0.29, 0.717) is 36.7 Å². The Labute approximate surface area is 260 Å². The van der Waals surface area contributed by atoms with Gasteiger partial charge in [-0.05, 0) is 68.4 Å². The van der Waals surface area contributed by atoms with Crippen LogP contribution in [0.25, 0.3) is 11.3 Å². The van der Waals surface area contributed by atoms with Gasteiger partial charge in [0.25, 0.3) is 0 Å². The third-order valence-corrected chi connectivity index (χ3v) is 8.69. The van der Waals surface area contributed by atoms with Gasteiger partial charge in [0, 0.05) is 50.1 Å². The minimum Gasteiger partial charge on any atom is -0.362 e. The lowest BCUT2D eigenvalue weighted by molar-refractivity contribution is -0.487. The number of aromatic nitrogens is 2. The Bertz CT molecular complexity index is 1760. The topological polar surface area (TPSA) is 108 Å². The van der Waals surface area contributed by atoms with Gasteiger partial charge in [-0.3, -0.25) is 14.7 Å². The molecule has 1 fully saturated rings. The zero-order chi connectivity index (χ0) is 31.7. The van der Waals surface area contributed by atoms with E-state index in [9.17, 15) is 13.6 Å². The molecule has 0 radical (unpaired) electrons. The molecular formula is C34H36F2N7O2+. The summed E-state index contributed by atoms with van der Waals surface area (Å²) in [6, 6.07) is 17.6. The first-order valence-corrected chi connectivity index (χ1v) is 14.9. The number of hydrogen-bond acceptors (Lipinski definition) is 7. The van der Waals surface area contributed by atoms with Gasteiger partial charge in [0.2, 0.25) is 5.91 Å². The second-order valence-electron chi connectivity index (χ2n) is 11.4. The molecule has 9 nitrogen and oxygen atoms in total. The number of likely N-dealkylation sites (tertiary alicyclic amines) is 1. The lowest BCUT2D eigenvalue weighted by atomic mass is 9.93. The van der Waals surface area contributed by atoms with Crippen molar-refractivity contribution < 1.29 is 23.6 Å². The molecule has 0 saturated carbocycles. The van der Waals surface area contributed by atoms with Crippen LogP contribution in [-0.2, 0) is 16.1 Å². The van der Waals surface area contributed by atoms with E-state index in [-0.39, 0.29) is 30.0 Å². The second-order valence-corrected chi connectivity index (χ2v) is 11.4. The molecule has 3 heterocycles. The van der Waals surface area contributed by atoms with E-state index in [4.69, 9.17) is 9.72 Å². The van der Waals surface area contributed by atoms with Gasteiger partial charge in [0.1, 0.15) is 29.1 Å². The average molecular weight is 613 g/mol. The van der Waals surface area contributed by atoms with Crippen LogP contribution >= 0.6 is 0 Å². The number of aryl methyl sites for hydroxylation is 1. The Balaban J connectivity index is 1.26. The van der Waals surface area contributed by atoms with Crippen molar-refractivity contribution >= 4 is 23.3 Å². The zero-order valence-electron chi connectivity index (χ0n) is 25.7. The van der Waals surface area contributed by atoms with Gasteiger partial charge in [-0.2, -0.15) is 9.97 Å². The molecule has 3 aromatic carbocycles. The maximum absolute atomic E-state index is 14.9. The Morgan fingerprint density at radius 2 is 1.82 bits per heavy atom. The number of nitrogens with two attached hydrogens (primary N) is 1. The number of halogens is 2. The van der Waals surface area contributed by atoms with Gasteiger partial charge in [0.15, 0.2) is 0 Å². The van der Waals surface area contributed by atoms with Crippen molar-refractivity contribution in [1.29, 1.82) is 0 Å². The first-order chi connectivity index (χ1) is 21.8. The van der Waals surface area contributed by atoms with Gasteiger partial charge in [0.05, 0.1) is 23.5 Å². The minimum absolute atomic E-state index is 0.0343. The molecule has 1 saturated heterocycles. The summed E-state index contributed by atoms with van der Waals surface area (Å²) in [6.07, 6.45) is 2.09. The highest BCUT2D eigenvalue weighted by Gasteiger charge is 2.45. The minimum atomic E-state index is -0.663. The summed E-state index contributed by atoms with van der Waals surface area (Å²) in [6.45, 7) is 3.35. The fourth-order valence-electron chi connectivity index (χ4n) is 6.27. The lowest BCUT2D eigenvalue weighted by Crippen LogP contribution is -2.72. The first kappa shape index (κ1) is 30.6. The molecule has 0 spiro atoms. The van der Waals surface area contributed by atoms with Gasteiger partial charge in [-0.25, -0.2) is 14.1 Å². The zero-order valence-corrected chi connectivity index (χ0v) is 25.7. The molecule has 1 amide bonds. The number of nitrogens with zero attached hydrogens (tertiary/aromatic N) is 4. The highest BCUT2D eigenvalue weighted by molar-refractivity contribution is 6.17. The maximum Gasteiger partial charge on any atom is 0.331 e. The molecule has 2 atom stereocenters. The number of nitrogens with one attached hydrogen (secondary N) is 2. The van der Waals surface area contributed by atoms with Crippen molar-refractivity contribution in [2.75, 3.05) is 34.3 Å². The number of likely N-dealkylation sites (N-methyl/N-ethyl adjacent to an activating group) is 2. The van der Waals surface area contributed by atoms with E-state index in [1.807, 2.05) is 61.8 Å². The molecule has 4 N–H and O–H groups in total. The number of fused-ring (bicyclic) bond motifs is 3. The number of aliphatic imine (C=N–C) groups is 1. The lowest BCUT2D eigenvalue weighted by Gasteiger charge is -2.30. The number of carbonyl (C=O) groups excluding carboxylic acids is 1. The summed E-state index contributed by atoms with van der Waals surface area (Å²) >= 11 is 0. The van der Waals surface area contributed by atoms with Crippen LogP contribution in [0.1, 0.15) is 40.5 Å². The van der Waals surface area contributed by atoms with Crippen LogP contribution in [-0.4, -0.2) is 66.3 Å². The van der Waals surface area contributed by atoms with E-state index in [2.05, 4.69) is 25.5 Å². The maximum atomic E-state index is 14.9. The van der Waals surface area contributed by atoms with Crippen molar-refractivity contribution in [3.8, 4) is 11.3 Å². The number of rotatable bonds is 8. The van der Waals surface area contributed by atoms with Crippen molar-refractivity contribution in [3.63, 3.8) is 0 Å². The summed E-state index contributed by atoms with van der Waals surface area (Å²) < 4.78 is 35.7. The summed E-state index contributed by atoms with van der Waals surface area (Å²) in [7, 11) is 5.13. The number of methoxy groups -OCH3 is 1. The number of quaternary nitrogens is 1. The largest absolute Gasteiger partial charge is 0.362 e. The number of ether oxygens (including phenoxy) is 1. The molecule has 11 heteroatoms. The monoisotopic (exact) mass is 612 g/mol. The van der Waals surface area contributed by atoms with E-state index in [0.717, 1.165) is 27.9 Å². The standard InChI is InChI=1S/C34H35F2N7O2/c1-20-8-13-24-25(16-20)30(28-26(35)6-5-7-27(28)36)39-17-22-18-40-33(42-29(22)24)41-23-11-9-21(10-12-23)31(45-4)43-15-14-34(19-43,38-3)32(44)37-2/h5-13,16,18,31,38H,14-15,17,19H2,1-4H3,(H,37,44)(H,40,41,42)/p+1. The Hall–Kier alpha value is -4.42. The molecule has 1 aromatic heterocycles. The first-order valence-electron chi connectivity index (χ1n) is 14.9. The Kier molecular flexibility index (Phi) is 8.52. The quantitative estimate of drug-likeness (QED) is 0.262. The SMILES string of the molecule is CNC(=O)C1(NC)CCN(C(OC)c2ccc([NH2+]c3ncc4c(n3)-c3ccc(C)cc3C(c3c(F)cccc3F)=NC4)cc2)C1. The normalized spacial score (nSPS) is 18.5. The second kappa shape index (κ2) is 12.5. The summed E-state index contributed by atoms with van der Waals surface area (Å²) in [5.74, 6) is -0.860. The molecule has 4 aromatic rings. The van der Waals surface area contributed by atoms with Crippen molar-refractivity contribution in [2.24, 2.45) is 4.99 Å². The molecule has 2 unspecified atom stereocenters. The van der Waals surface area contributed by atoms with E-state index in [1.54, 1.807) is 20.4 Å². The molecule has 6 rings (SSSR count). The highest BCUT2D eigenvalue weighted by Crippen LogP contribution is 2.34. The fraction of sp³-hybridized carbons (Fsp3) is 0.294. The van der Waals surface area contributed by atoms with Crippen molar-refractivity contribution in [1.82, 2.24) is 25.5 Å². The van der Waals surface area contributed by atoms with Gasteiger partial charge < -0.3 is 15.4 Å². The van der Waals surface area contributed by atoms with Crippen LogP contribution in [0, 0.1) is 18.6 Å². The number of hydrogen-bond donors (Lipinski definition) is 3.